The average molecular weight is 402 g/mol. The average Bonchev–Trinajstić information content (AvgIpc) is 3.01. The Morgan fingerprint density at radius 2 is 2.00 bits per heavy atom. The number of anilines is 3. The van der Waals surface area contributed by atoms with Gasteiger partial charge in [0.05, 0.1) is 18.4 Å². The third-order valence-electron chi connectivity index (χ3n) is 5.34. The maximum atomic E-state index is 12.6. The number of carbonyl (C=O) groups is 2. The number of aromatic nitrogens is 2. The molecule has 1 aromatic carbocycles. The van der Waals surface area contributed by atoms with Crippen molar-refractivity contribution in [2.45, 2.75) is 31.3 Å². The quantitative estimate of drug-likeness (QED) is 0.764. The Hall–Kier alpha value is -2.87. The first-order chi connectivity index (χ1) is 13.5. The molecule has 1 saturated heterocycles. The Balaban J connectivity index is 1.39. The number of para-hydroxylation sites is 1. The van der Waals surface area contributed by atoms with Gasteiger partial charge in [0.25, 0.3) is 0 Å². The summed E-state index contributed by atoms with van der Waals surface area (Å²) in [6.07, 6.45) is 3.50. The van der Waals surface area contributed by atoms with Crippen LogP contribution in [0.1, 0.15) is 25.7 Å². The van der Waals surface area contributed by atoms with Crippen LogP contribution in [0.25, 0.3) is 0 Å². The molecule has 2 fully saturated rings. The molecule has 9 heteroatoms. The number of halogens is 1. The number of ether oxygens (including phenoxy) is 1. The largest absolute Gasteiger partial charge is 0.441 e. The van der Waals surface area contributed by atoms with Gasteiger partial charge in [-0.2, -0.15) is 4.98 Å². The minimum atomic E-state index is -0.541. The Kier molecular flexibility index (Phi) is 4.80. The van der Waals surface area contributed by atoms with E-state index in [1.807, 2.05) is 30.3 Å². The van der Waals surface area contributed by atoms with Crippen molar-refractivity contribution in [2.24, 2.45) is 5.92 Å². The van der Waals surface area contributed by atoms with Gasteiger partial charge < -0.3 is 15.8 Å². The normalized spacial score (nSPS) is 24.2. The van der Waals surface area contributed by atoms with Gasteiger partial charge in [0, 0.05) is 11.6 Å². The smallest absolute Gasteiger partial charge is 0.415 e. The lowest BCUT2D eigenvalue weighted by atomic mass is 9.78. The minimum absolute atomic E-state index is 0.0194. The fourth-order valence-corrected chi connectivity index (χ4v) is 3.92. The number of nitrogens with one attached hydrogen (secondary N) is 1. The maximum absolute atomic E-state index is 12.6. The fourth-order valence-electron chi connectivity index (χ4n) is 3.78. The van der Waals surface area contributed by atoms with Gasteiger partial charge in [-0.3, -0.25) is 9.69 Å². The molecule has 146 valence electrons. The summed E-state index contributed by atoms with van der Waals surface area (Å²) >= 11 is 5.76. The van der Waals surface area contributed by atoms with Crippen LogP contribution in [0.15, 0.2) is 36.5 Å². The number of rotatable bonds is 3. The predicted molar refractivity (Wildman–Crippen MR) is 105 cm³/mol. The van der Waals surface area contributed by atoms with E-state index in [9.17, 15) is 9.59 Å². The van der Waals surface area contributed by atoms with Crippen molar-refractivity contribution in [1.82, 2.24) is 9.97 Å². The zero-order valence-corrected chi connectivity index (χ0v) is 15.9. The van der Waals surface area contributed by atoms with Crippen LogP contribution >= 0.6 is 11.6 Å². The van der Waals surface area contributed by atoms with Crippen LogP contribution in [-0.2, 0) is 9.53 Å². The molecule has 0 radical (unpaired) electrons. The highest BCUT2D eigenvalue weighted by Gasteiger charge is 2.48. The second-order valence-electron chi connectivity index (χ2n) is 7.18. The van der Waals surface area contributed by atoms with E-state index in [1.165, 1.54) is 6.20 Å². The third-order valence-corrected chi connectivity index (χ3v) is 5.52. The second kappa shape index (κ2) is 7.27. The van der Waals surface area contributed by atoms with Crippen molar-refractivity contribution in [1.29, 1.82) is 0 Å². The molecule has 1 saturated carbocycles. The predicted octanol–water partition coefficient (Wildman–Crippen LogP) is 3.24. The van der Waals surface area contributed by atoms with E-state index in [0.29, 0.717) is 32.2 Å². The van der Waals surface area contributed by atoms with E-state index in [4.69, 9.17) is 22.1 Å². The number of hydrogen-bond acceptors (Lipinski definition) is 6. The molecule has 3 N–H and O–H groups in total. The minimum Gasteiger partial charge on any atom is -0.441 e. The van der Waals surface area contributed by atoms with E-state index in [1.54, 1.807) is 4.90 Å². The van der Waals surface area contributed by atoms with Crippen molar-refractivity contribution in [3.8, 4) is 0 Å². The molecule has 0 atom stereocenters. The van der Waals surface area contributed by atoms with Crippen molar-refractivity contribution < 1.29 is 14.3 Å². The first-order valence-corrected chi connectivity index (χ1v) is 9.48. The summed E-state index contributed by atoms with van der Waals surface area (Å²) in [7, 11) is 0. The lowest BCUT2D eigenvalue weighted by Gasteiger charge is -2.34. The molecule has 2 aromatic rings. The maximum Gasteiger partial charge on any atom is 0.415 e. The number of hydrogen-bond donors (Lipinski definition) is 2. The van der Waals surface area contributed by atoms with E-state index in [2.05, 4.69) is 15.3 Å². The molecule has 2 amide bonds. The summed E-state index contributed by atoms with van der Waals surface area (Å²) in [6, 6.07) is 9.45. The van der Waals surface area contributed by atoms with Gasteiger partial charge >= 0.3 is 6.09 Å². The van der Waals surface area contributed by atoms with Crippen LogP contribution in [0, 0.1) is 5.92 Å². The van der Waals surface area contributed by atoms with Crippen molar-refractivity contribution >= 4 is 40.8 Å². The van der Waals surface area contributed by atoms with Crippen molar-refractivity contribution in [2.75, 3.05) is 22.5 Å². The SMILES string of the molecule is Nc1cnc(Cl)nc1NC(=O)C1CCC2(CC1)CN(c1ccccc1)C(=O)O2. The first kappa shape index (κ1) is 18.5. The molecular formula is C19H20ClN5O3. The highest BCUT2D eigenvalue weighted by Crippen LogP contribution is 2.41. The Morgan fingerprint density at radius 3 is 2.71 bits per heavy atom. The van der Waals surface area contributed by atoms with E-state index < -0.39 is 5.60 Å². The highest BCUT2D eigenvalue weighted by molar-refractivity contribution is 6.28. The zero-order chi connectivity index (χ0) is 19.7. The number of nitrogens with two attached hydrogens (primary N) is 1. The van der Waals surface area contributed by atoms with Crippen LogP contribution in [-0.4, -0.2) is 34.1 Å². The molecule has 1 spiro atoms. The van der Waals surface area contributed by atoms with Gasteiger partial charge in [-0.1, -0.05) is 18.2 Å². The molecule has 4 rings (SSSR count). The second-order valence-corrected chi connectivity index (χ2v) is 7.52. The number of amides is 2. The van der Waals surface area contributed by atoms with Crippen molar-refractivity contribution in [3.63, 3.8) is 0 Å². The Labute approximate surface area is 167 Å². The van der Waals surface area contributed by atoms with Gasteiger partial charge in [-0.05, 0) is 49.4 Å². The molecular weight excluding hydrogens is 382 g/mol. The monoisotopic (exact) mass is 401 g/mol. The van der Waals surface area contributed by atoms with E-state index in [0.717, 1.165) is 5.69 Å². The summed E-state index contributed by atoms with van der Waals surface area (Å²) in [4.78, 5) is 34.3. The summed E-state index contributed by atoms with van der Waals surface area (Å²) < 4.78 is 5.74. The number of nitrogen functional groups attached to an aromatic ring is 1. The third kappa shape index (κ3) is 3.60. The summed E-state index contributed by atoms with van der Waals surface area (Å²) in [5.74, 6) is -0.156. The first-order valence-electron chi connectivity index (χ1n) is 9.10. The highest BCUT2D eigenvalue weighted by atomic mass is 35.5. The lowest BCUT2D eigenvalue weighted by molar-refractivity contribution is -0.122. The number of carbonyl (C=O) groups excluding carboxylic acids is 2. The molecule has 8 nitrogen and oxygen atoms in total. The molecule has 0 unspecified atom stereocenters. The van der Waals surface area contributed by atoms with Gasteiger partial charge in [0.2, 0.25) is 11.2 Å². The fraction of sp³-hybridized carbons (Fsp3) is 0.368. The summed E-state index contributed by atoms with van der Waals surface area (Å²) in [5, 5.41) is 2.74. The zero-order valence-electron chi connectivity index (χ0n) is 15.1. The van der Waals surface area contributed by atoms with Gasteiger partial charge in [0.1, 0.15) is 5.60 Å². The van der Waals surface area contributed by atoms with Crippen LogP contribution in [0.4, 0.5) is 22.0 Å². The topological polar surface area (TPSA) is 110 Å². The molecule has 2 aliphatic rings. The lowest BCUT2D eigenvalue weighted by Crippen LogP contribution is -2.41. The van der Waals surface area contributed by atoms with E-state index in [-0.39, 0.29) is 34.7 Å². The standard InChI is InChI=1S/C19H20ClN5O3/c20-17-22-10-14(21)15(24-17)23-16(26)12-6-8-19(9-7-12)11-25(18(27)28-19)13-4-2-1-3-5-13/h1-5,10,12H,6-9,11,21H2,(H,22,23,24,26). The Morgan fingerprint density at radius 1 is 1.29 bits per heavy atom. The van der Waals surface area contributed by atoms with Crippen LogP contribution < -0.4 is 16.0 Å². The van der Waals surface area contributed by atoms with Gasteiger partial charge in [-0.25, -0.2) is 9.78 Å². The van der Waals surface area contributed by atoms with E-state index >= 15 is 0 Å². The van der Waals surface area contributed by atoms with Gasteiger partial charge in [0.15, 0.2) is 5.82 Å². The van der Waals surface area contributed by atoms with Gasteiger partial charge in [-0.15, -0.1) is 0 Å². The Bertz CT molecular complexity index is 900. The summed E-state index contributed by atoms with van der Waals surface area (Å²) in [6.45, 7) is 0.499. The summed E-state index contributed by atoms with van der Waals surface area (Å²) in [5.41, 5.74) is 6.32. The van der Waals surface area contributed by atoms with Crippen LogP contribution in [0.2, 0.25) is 5.28 Å². The molecule has 0 bridgehead atoms. The molecule has 1 aromatic heterocycles. The number of benzene rings is 1. The van der Waals surface area contributed by atoms with Crippen molar-refractivity contribution in [3.05, 3.63) is 41.8 Å². The van der Waals surface area contributed by atoms with Crippen LogP contribution in [0.3, 0.4) is 0 Å². The molecule has 1 aliphatic carbocycles. The molecule has 2 heterocycles. The molecule has 1 aliphatic heterocycles. The number of nitrogens with zero attached hydrogens (tertiary/aromatic N) is 3. The van der Waals surface area contributed by atoms with Crippen LogP contribution in [0.5, 0.6) is 0 Å². The molecule has 28 heavy (non-hydrogen) atoms.